The zero-order valence-electron chi connectivity index (χ0n) is 10.3. The Bertz CT molecular complexity index is 486. The molecule has 2 rings (SSSR count). The maximum absolute atomic E-state index is 11.8. The van der Waals surface area contributed by atoms with Crippen LogP contribution in [0.1, 0.15) is 25.8 Å². The fraction of sp³-hybridized carbons (Fsp3) is 0.385. The van der Waals surface area contributed by atoms with E-state index < -0.39 is 6.10 Å². The highest BCUT2D eigenvalue weighted by Crippen LogP contribution is 2.22. The quantitative estimate of drug-likeness (QED) is 0.913. The number of carbonyl (C=O) groups is 1. The Labute approximate surface area is 111 Å². The minimum Gasteiger partial charge on any atom is -0.382 e. The zero-order chi connectivity index (χ0) is 13.1. The van der Waals surface area contributed by atoms with Crippen LogP contribution in [0.25, 0.3) is 0 Å². The van der Waals surface area contributed by atoms with Crippen LogP contribution in [0.2, 0.25) is 5.02 Å². The maximum Gasteiger partial charge on any atom is 0.264 e. The number of halogens is 1. The van der Waals surface area contributed by atoms with Gasteiger partial charge in [-0.15, -0.1) is 0 Å². The van der Waals surface area contributed by atoms with E-state index in [-0.39, 0.29) is 11.9 Å². The Hall–Kier alpha value is -1.55. The number of hydrogen-bond donors (Lipinski definition) is 1. The summed E-state index contributed by atoms with van der Waals surface area (Å²) in [6, 6.07) is 7.48. The molecule has 0 aromatic heterocycles. The van der Waals surface area contributed by atoms with Gasteiger partial charge < -0.3 is 10.2 Å². The molecule has 1 atom stereocenters. The van der Waals surface area contributed by atoms with Crippen LogP contribution in [-0.4, -0.2) is 23.8 Å². The summed E-state index contributed by atoms with van der Waals surface area (Å²) < 4.78 is 0. The van der Waals surface area contributed by atoms with Gasteiger partial charge in [0.1, 0.15) is 0 Å². The number of nitrogens with one attached hydrogen (secondary N) is 1. The smallest absolute Gasteiger partial charge is 0.264 e. The summed E-state index contributed by atoms with van der Waals surface area (Å²) in [4.78, 5) is 16.9. The molecule has 1 aliphatic heterocycles. The highest BCUT2D eigenvalue weighted by Gasteiger charge is 2.29. The van der Waals surface area contributed by atoms with Crippen LogP contribution in [0.15, 0.2) is 29.4 Å². The van der Waals surface area contributed by atoms with Crippen LogP contribution in [-0.2, 0) is 9.63 Å². The predicted octanol–water partition coefficient (Wildman–Crippen LogP) is 2.36. The highest BCUT2D eigenvalue weighted by atomic mass is 35.5. The van der Waals surface area contributed by atoms with Crippen molar-refractivity contribution in [3.05, 3.63) is 34.9 Å². The third-order valence-electron chi connectivity index (χ3n) is 2.58. The lowest BCUT2D eigenvalue weighted by Crippen LogP contribution is -2.38. The molecule has 0 unspecified atom stereocenters. The summed E-state index contributed by atoms with van der Waals surface area (Å²) >= 11 is 6.08. The first-order valence-electron chi connectivity index (χ1n) is 5.86. The van der Waals surface area contributed by atoms with E-state index in [0.29, 0.717) is 17.2 Å². The minimum atomic E-state index is -0.557. The molecule has 0 bridgehead atoms. The molecule has 1 amide bonds. The number of amides is 1. The van der Waals surface area contributed by atoms with Crippen molar-refractivity contribution in [2.45, 2.75) is 32.4 Å². The molecule has 0 saturated heterocycles. The van der Waals surface area contributed by atoms with Gasteiger partial charge in [-0.25, -0.2) is 0 Å². The molecule has 1 heterocycles. The van der Waals surface area contributed by atoms with Crippen molar-refractivity contribution in [2.24, 2.45) is 5.16 Å². The Morgan fingerprint density at radius 2 is 2.22 bits per heavy atom. The second-order valence-corrected chi connectivity index (χ2v) is 4.89. The fourth-order valence-corrected chi connectivity index (χ4v) is 1.99. The molecule has 0 saturated carbocycles. The average molecular weight is 267 g/mol. The van der Waals surface area contributed by atoms with Crippen LogP contribution >= 0.6 is 11.6 Å². The molecular formula is C13H15ClN2O2. The van der Waals surface area contributed by atoms with Crippen LogP contribution in [0.5, 0.6) is 0 Å². The van der Waals surface area contributed by atoms with Crippen LogP contribution in [0, 0.1) is 0 Å². The number of hydrogen-bond acceptors (Lipinski definition) is 3. The highest BCUT2D eigenvalue weighted by molar-refractivity contribution is 6.34. The third-order valence-corrected chi connectivity index (χ3v) is 2.91. The molecule has 0 spiro atoms. The monoisotopic (exact) mass is 266 g/mol. The number of rotatable bonds is 3. The van der Waals surface area contributed by atoms with Crippen molar-refractivity contribution < 1.29 is 9.63 Å². The van der Waals surface area contributed by atoms with Gasteiger partial charge in [0, 0.05) is 23.0 Å². The average Bonchev–Trinajstić information content (AvgIpc) is 2.78. The van der Waals surface area contributed by atoms with Gasteiger partial charge in [-0.05, 0) is 19.9 Å². The number of nitrogens with zero attached hydrogens (tertiary/aromatic N) is 1. The van der Waals surface area contributed by atoms with E-state index in [0.717, 1.165) is 5.56 Å². The van der Waals surface area contributed by atoms with Gasteiger partial charge in [0.25, 0.3) is 5.91 Å². The first-order chi connectivity index (χ1) is 8.58. The number of benzene rings is 1. The molecule has 96 valence electrons. The maximum atomic E-state index is 11.8. The van der Waals surface area contributed by atoms with Gasteiger partial charge >= 0.3 is 0 Å². The van der Waals surface area contributed by atoms with Crippen molar-refractivity contribution in [1.29, 1.82) is 0 Å². The van der Waals surface area contributed by atoms with E-state index in [4.69, 9.17) is 16.4 Å². The van der Waals surface area contributed by atoms with Crippen LogP contribution in [0.4, 0.5) is 0 Å². The fourth-order valence-electron chi connectivity index (χ4n) is 1.75. The predicted molar refractivity (Wildman–Crippen MR) is 70.8 cm³/mol. The van der Waals surface area contributed by atoms with E-state index in [1.807, 2.05) is 32.0 Å². The van der Waals surface area contributed by atoms with Gasteiger partial charge in [-0.1, -0.05) is 35.0 Å². The standard InChI is InChI=1S/C13H15ClN2O2/c1-8(2)15-13(17)12-7-11(16-18-12)9-5-3-4-6-10(9)14/h3-6,8,12H,7H2,1-2H3,(H,15,17)/t12-/m1/s1. The Morgan fingerprint density at radius 3 is 2.89 bits per heavy atom. The van der Waals surface area contributed by atoms with Crippen molar-refractivity contribution >= 4 is 23.2 Å². The molecule has 1 aromatic carbocycles. The topological polar surface area (TPSA) is 50.7 Å². The van der Waals surface area contributed by atoms with E-state index in [1.54, 1.807) is 6.07 Å². The molecule has 5 heteroatoms. The normalized spacial score (nSPS) is 18.4. The summed E-state index contributed by atoms with van der Waals surface area (Å²) in [7, 11) is 0. The Balaban J connectivity index is 2.04. The molecule has 0 aliphatic carbocycles. The largest absolute Gasteiger partial charge is 0.382 e. The van der Waals surface area contributed by atoms with E-state index in [1.165, 1.54) is 0 Å². The number of oxime groups is 1. The van der Waals surface area contributed by atoms with Gasteiger partial charge in [-0.2, -0.15) is 0 Å². The summed E-state index contributed by atoms with van der Waals surface area (Å²) in [5, 5.41) is 7.36. The summed E-state index contributed by atoms with van der Waals surface area (Å²) in [5.41, 5.74) is 1.53. The Morgan fingerprint density at radius 1 is 1.50 bits per heavy atom. The third kappa shape index (κ3) is 2.82. The molecule has 1 aromatic rings. The zero-order valence-corrected chi connectivity index (χ0v) is 11.1. The summed E-state index contributed by atoms with van der Waals surface area (Å²) in [5.74, 6) is -0.143. The van der Waals surface area contributed by atoms with Gasteiger partial charge in [0.2, 0.25) is 6.10 Å². The SMILES string of the molecule is CC(C)NC(=O)[C@H]1CC(c2ccccc2Cl)=NO1. The molecule has 0 fully saturated rings. The molecule has 1 aliphatic rings. The lowest BCUT2D eigenvalue weighted by Gasteiger charge is -2.11. The second kappa shape index (κ2) is 5.40. The summed E-state index contributed by atoms with van der Waals surface area (Å²) in [6.45, 7) is 3.81. The van der Waals surface area contributed by atoms with Gasteiger partial charge in [0.15, 0.2) is 0 Å². The van der Waals surface area contributed by atoms with Crippen molar-refractivity contribution in [3.63, 3.8) is 0 Å². The minimum absolute atomic E-state index is 0.0884. The molecule has 18 heavy (non-hydrogen) atoms. The lowest BCUT2D eigenvalue weighted by atomic mass is 10.0. The summed E-state index contributed by atoms with van der Waals surface area (Å²) in [6.07, 6.45) is -0.110. The lowest BCUT2D eigenvalue weighted by molar-refractivity contribution is -0.131. The molecule has 0 radical (unpaired) electrons. The van der Waals surface area contributed by atoms with Crippen molar-refractivity contribution in [3.8, 4) is 0 Å². The number of carbonyl (C=O) groups excluding carboxylic acids is 1. The van der Waals surface area contributed by atoms with E-state index in [2.05, 4.69) is 10.5 Å². The van der Waals surface area contributed by atoms with Gasteiger partial charge in [-0.3, -0.25) is 4.79 Å². The second-order valence-electron chi connectivity index (χ2n) is 4.48. The molecule has 1 N–H and O–H groups in total. The van der Waals surface area contributed by atoms with Crippen LogP contribution < -0.4 is 5.32 Å². The Kier molecular flexibility index (Phi) is 3.87. The molecule has 4 nitrogen and oxygen atoms in total. The van der Waals surface area contributed by atoms with E-state index >= 15 is 0 Å². The van der Waals surface area contributed by atoms with Crippen LogP contribution in [0.3, 0.4) is 0 Å². The van der Waals surface area contributed by atoms with Crippen molar-refractivity contribution in [1.82, 2.24) is 5.32 Å². The van der Waals surface area contributed by atoms with Gasteiger partial charge in [0.05, 0.1) is 5.71 Å². The molecular weight excluding hydrogens is 252 g/mol. The van der Waals surface area contributed by atoms with E-state index in [9.17, 15) is 4.79 Å². The first kappa shape index (κ1) is 12.9. The van der Waals surface area contributed by atoms with Crippen molar-refractivity contribution in [2.75, 3.05) is 0 Å². The first-order valence-corrected chi connectivity index (χ1v) is 6.23.